The van der Waals surface area contributed by atoms with Crippen LogP contribution in [0.4, 0.5) is 34.1 Å². The average molecular weight is 979 g/mol. The van der Waals surface area contributed by atoms with Crippen LogP contribution < -0.4 is 9.80 Å². The Morgan fingerprint density at radius 1 is 0.213 bits per heavy atom. The van der Waals surface area contributed by atoms with Gasteiger partial charge in [-0.05, 0) is 127 Å². The summed E-state index contributed by atoms with van der Waals surface area (Å²) in [5.41, 5.74) is 21.4. The smallest absolute Gasteiger partial charge is 0.130 e. The van der Waals surface area contributed by atoms with E-state index in [4.69, 9.17) is 8.75 Å². The van der Waals surface area contributed by atoms with Gasteiger partial charge < -0.3 is 9.80 Å². The van der Waals surface area contributed by atoms with Gasteiger partial charge in [0.05, 0.1) is 23.1 Å². The number of rotatable bonds is 14. The maximum Gasteiger partial charge on any atom is 0.130 e. The highest BCUT2D eigenvalue weighted by molar-refractivity contribution is 7.00. The first kappa shape index (κ1) is 46.4. The summed E-state index contributed by atoms with van der Waals surface area (Å²) in [5.74, 6) is 0. The van der Waals surface area contributed by atoms with Crippen LogP contribution in [0.2, 0.25) is 0 Å². The fourth-order valence-electron chi connectivity index (χ4n) is 10.2. The molecule has 0 atom stereocenters. The molecule has 0 bridgehead atoms. The third-order valence-corrected chi connectivity index (χ3v) is 14.1. The van der Waals surface area contributed by atoms with Gasteiger partial charge in [0.1, 0.15) is 11.0 Å². The number of hydrogen-bond acceptors (Lipinski definition) is 5. The van der Waals surface area contributed by atoms with E-state index in [1.165, 1.54) is 22.9 Å². The lowest BCUT2D eigenvalue weighted by Gasteiger charge is -2.29. The number of fused-ring (bicyclic) bond motifs is 1. The molecule has 0 aliphatic carbocycles. The van der Waals surface area contributed by atoms with Gasteiger partial charge in [-0.15, -0.1) is 0 Å². The van der Waals surface area contributed by atoms with Crippen molar-refractivity contribution in [3.63, 3.8) is 0 Å². The molecule has 0 radical (unpaired) electrons. The van der Waals surface area contributed by atoms with Gasteiger partial charge in [0.2, 0.25) is 0 Å². The van der Waals surface area contributed by atoms with Crippen molar-refractivity contribution < 1.29 is 0 Å². The van der Waals surface area contributed by atoms with Crippen LogP contribution in [-0.4, -0.2) is 8.75 Å². The molecule has 1 aromatic heterocycles. The van der Waals surface area contributed by atoms with Crippen molar-refractivity contribution in [3.05, 3.63) is 348 Å². The summed E-state index contributed by atoms with van der Waals surface area (Å²) in [6, 6.07) is 108. The lowest BCUT2D eigenvalue weighted by molar-refractivity contribution is 1.27. The van der Waals surface area contributed by atoms with Gasteiger partial charge >= 0.3 is 0 Å². The number of benzene rings is 11. The van der Waals surface area contributed by atoms with Crippen LogP contribution in [0, 0.1) is 0 Å². The second-order valence-corrected chi connectivity index (χ2v) is 18.7. The fourth-order valence-corrected chi connectivity index (χ4v) is 10.8. The summed E-state index contributed by atoms with van der Waals surface area (Å²) in [7, 11) is 0. The van der Waals surface area contributed by atoms with Crippen molar-refractivity contribution in [1.29, 1.82) is 0 Å². The van der Waals surface area contributed by atoms with E-state index in [-0.39, 0.29) is 0 Å². The molecule has 4 nitrogen and oxygen atoms in total. The second-order valence-electron chi connectivity index (χ2n) is 18.2. The normalized spacial score (nSPS) is 10.9. The highest BCUT2D eigenvalue weighted by atomic mass is 32.1. The Kier molecular flexibility index (Phi) is 13.3. The number of aromatic nitrogens is 2. The summed E-state index contributed by atoms with van der Waals surface area (Å²) in [5, 5.41) is 0. The minimum absolute atomic E-state index is 0.813. The zero-order chi connectivity index (χ0) is 50.2. The predicted molar refractivity (Wildman–Crippen MR) is 315 cm³/mol. The third-order valence-electron chi connectivity index (χ3n) is 13.6. The summed E-state index contributed by atoms with van der Waals surface area (Å²) in [6.45, 7) is 0. The van der Waals surface area contributed by atoms with Crippen molar-refractivity contribution in [2.24, 2.45) is 0 Å². The van der Waals surface area contributed by atoms with Crippen LogP contribution in [0.15, 0.2) is 303 Å². The molecule has 356 valence electrons. The Balaban J connectivity index is 0.981. The second kappa shape index (κ2) is 21.6. The Morgan fingerprint density at radius 3 is 0.653 bits per heavy atom. The van der Waals surface area contributed by atoms with Crippen LogP contribution in [0.3, 0.4) is 0 Å². The number of nitrogens with zero attached hydrogens (tertiary/aromatic N) is 4. The third kappa shape index (κ3) is 9.60. The Hall–Kier alpha value is -9.68. The molecule has 0 unspecified atom stereocenters. The van der Waals surface area contributed by atoms with Gasteiger partial charge in [0, 0.05) is 22.7 Å². The Labute approximate surface area is 443 Å². The lowest BCUT2D eigenvalue weighted by Crippen LogP contribution is -2.13. The summed E-state index contributed by atoms with van der Waals surface area (Å²) in [6.07, 6.45) is 0. The van der Waals surface area contributed by atoms with Crippen molar-refractivity contribution in [3.8, 4) is 0 Å². The largest absolute Gasteiger partial charge is 0.308 e. The topological polar surface area (TPSA) is 32.3 Å². The SMILES string of the molecule is c1ccc(C(=C(c2ccccc2)c2ccc(N(c3ccccc3)c3ccc(N(c4ccccc4)c4ccc(C(=C(c5ccccc5)c5ccccc5)c5ccccc5)cc4)c4nsnc34)cc2)c2ccccc2)cc1. The van der Waals surface area contributed by atoms with Gasteiger partial charge in [-0.3, -0.25) is 0 Å². The molecule has 5 heteroatoms. The molecule has 0 saturated carbocycles. The zero-order valence-electron chi connectivity index (χ0n) is 41.1. The molecule has 1 heterocycles. The van der Waals surface area contributed by atoms with E-state index in [0.717, 1.165) is 101 Å². The maximum absolute atomic E-state index is 5.09. The van der Waals surface area contributed by atoms with Gasteiger partial charge in [-0.1, -0.05) is 243 Å². The minimum atomic E-state index is 0.813. The van der Waals surface area contributed by atoms with E-state index in [9.17, 15) is 0 Å². The average Bonchev–Trinajstić information content (AvgIpc) is 4.00. The van der Waals surface area contributed by atoms with E-state index in [0.29, 0.717) is 0 Å². The molecule has 0 fully saturated rings. The Morgan fingerprint density at radius 2 is 0.413 bits per heavy atom. The molecule has 75 heavy (non-hydrogen) atoms. The molecule has 0 amide bonds. The predicted octanol–water partition coefficient (Wildman–Crippen LogP) is 18.6. The van der Waals surface area contributed by atoms with Crippen molar-refractivity contribution >= 4 is 79.2 Å². The van der Waals surface area contributed by atoms with E-state index < -0.39 is 0 Å². The zero-order valence-corrected chi connectivity index (χ0v) is 41.9. The molecule has 0 aliphatic rings. The molecule has 0 spiro atoms. The molecule has 12 rings (SSSR count). The highest BCUT2D eigenvalue weighted by Crippen LogP contribution is 2.46. The molecule has 0 saturated heterocycles. The highest BCUT2D eigenvalue weighted by Gasteiger charge is 2.25. The fraction of sp³-hybridized carbons (Fsp3) is 0. The van der Waals surface area contributed by atoms with E-state index >= 15 is 0 Å². The molecule has 0 aliphatic heterocycles. The molecule has 11 aromatic carbocycles. The van der Waals surface area contributed by atoms with Crippen molar-refractivity contribution in [1.82, 2.24) is 8.75 Å². The summed E-state index contributed by atoms with van der Waals surface area (Å²) < 4.78 is 10.2. The maximum atomic E-state index is 5.09. The number of hydrogen-bond donors (Lipinski definition) is 0. The van der Waals surface area contributed by atoms with Crippen LogP contribution in [0.25, 0.3) is 33.3 Å². The Bertz CT molecular complexity index is 3530. The van der Waals surface area contributed by atoms with Gasteiger partial charge in [0.15, 0.2) is 0 Å². The first-order valence-electron chi connectivity index (χ1n) is 25.2. The summed E-state index contributed by atoms with van der Waals surface area (Å²) in [4.78, 5) is 4.60. The molecular formula is C70H50N4S. The number of para-hydroxylation sites is 2. The first-order chi connectivity index (χ1) is 37.3. The van der Waals surface area contributed by atoms with E-state index in [1.54, 1.807) is 0 Å². The van der Waals surface area contributed by atoms with Gasteiger partial charge in [-0.25, -0.2) is 0 Å². The molecular weight excluding hydrogens is 929 g/mol. The van der Waals surface area contributed by atoms with Crippen LogP contribution >= 0.6 is 11.7 Å². The lowest BCUT2D eigenvalue weighted by atomic mass is 9.86. The molecule has 0 N–H and O–H groups in total. The van der Waals surface area contributed by atoms with Crippen LogP contribution in [-0.2, 0) is 0 Å². The van der Waals surface area contributed by atoms with E-state index in [1.807, 2.05) is 0 Å². The minimum Gasteiger partial charge on any atom is -0.308 e. The van der Waals surface area contributed by atoms with Crippen LogP contribution in [0.1, 0.15) is 44.5 Å². The quantitative estimate of drug-likeness (QED) is 0.102. The van der Waals surface area contributed by atoms with Gasteiger partial charge in [-0.2, -0.15) is 8.75 Å². The van der Waals surface area contributed by atoms with Crippen molar-refractivity contribution in [2.45, 2.75) is 0 Å². The number of anilines is 6. The first-order valence-corrected chi connectivity index (χ1v) is 26.0. The summed E-state index contributed by atoms with van der Waals surface area (Å²) >= 11 is 1.24. The van der Waals surface area contributed by atoms with Gasteiger partial charge in [0.25, 0.3) is 0 Å². The monoisotopic (exact) mass is 978 g/mol. The molecule has 12 aromatic rings. The van der Waals surface area contributed by atoms with Crippen molar-refractivity contribution in [2.75, 3.05) is 9.80 Å². The van der Waals surface area contributed by atoms with E-state index in [2.05, 4.69) is 313 Å². The van der Waals surface area contributed by atoms with Crippen LogP contribution in [0.5, 0.6) is 0 Å². The standard InChI is InChI=1S/C70H50N4S/c1-9-25-51(26-10-1)65(52-27-11-2-12-28-52)67(55-33-17-5-18-34-55)57-41-45-61(46-42-57)73(59-37-21-7-22-38-59)63-49-50-64(70-69(63)71-75-72-70)74(60-39-23-8-24-40-60)62-47-43-58(44-48-62)68(56-35-19-6-20-36-56)66(53-29-13-3-14-30-53)54-31-15-4-16-32-54/h1-50H.